The van der Waals surface area contributed by atoms with Crippen LogP contribution in [0.2, 0.25) is 0 Å². The summed E-state index contributed by atoms with van der Waals surface area (Å²) in [6, 6.07) is 0. The molecule has 1 rings (SSSR count). The normalized spacial score (nSPS) is 32.1. The molecule has 1 heterocycles. The molecule has 21 heavy (non-hydrogen) atoms. The van der Waals surface area contributed by atoms with Gasteiger partial charge in [0.25, 0.3) is 0 Å². The standard InChI is InChI=1S/C12H16F2O7/c1-5(15)18-4-8-9(13)10(19-6(2)16)11(12(14)21-8)20-7(3)17/h8-12H,4H2,1-3H3/t8-,9+,10+,11-,12+/m1/s1. The van der Waals surface area contributed by atoms with Crippen molar-refractivity contribution in [3.63, 3.8) is 0 Å². The predicted octanol–water partition coefficient (Wildman–Crippen LogP) is 0.445. The molecule has 0 N–H and O–H groups in total. The van der Waals surface area contributed by atoms with Crippen molar-refractivity contribution in [3.05, 3.63) is 0 Å². The van der Waals surface area contributed by atoms with Crippen LogP contribution in [0.3, 0.4) is 0 Å². The molecule has 0 unspecified atom stereocenters. The summed E-state index contributed by atoms with van der Waals surface area (Å²) in [5, 5.41) is 0. The van der Waals surface area contributed by atoms with Gasteiger partial charge in [-0.2, -0.15) is 0 Å². The molecule has 120 valence electrons. The maximum Gasteiger partial charge on any atom is 0.303 e. The number of ether oxygens (including phenoxy) is 4. The molecule has 0 bridgehead atoms. The molecule has 1 fully saturated rings. The van der Waals surface area contributed by atoms with E-state index in [1.807, 2.05) is 0 Å². The Bertz CT molecular complexity index is 414. The number of halogens is 2. The van der Waals surface area contributed by atoms with Gasteiger partial charge in [-0.3, -0.25) is 14.4 Å². The lowest BCUT2D eigenvalue weighted by Crippen LogP contribution is -2.58. The molecule has 0 radical (unpaired) electrons. The Labute approximate surface area is 119 Å². The molecular weight excluding hydrogens is 294 g/mol. The largest absolute Gasteiger partial charge is 0.463 e. The van der Waals surface area contributed by atoms with Gasteiger partial charge in [-0.1, -0.05) is 0 Å². The zero-order valence-corrected chi connectivity index (χ0v) is 11.7. The van der Waals surface area contributed by atoms with Crippen LogP contribution in [0, 0.1) is 0 Å². The van der Waals surface area contributed by atoms with E-state index in [9.17, 15) is 23.2 Å². The van der Waals surface area contributed by atoms with Gasteiger partial charge in [-0.25, -0.2) is 8.78 Å². The summed E-state index contributed by atoms with van der Waals surface area (Å²) in [4.78, 5) is 32.6. The second-order valence-corrected chi connectivity index (χ2v) is 4.42. The first-order chi connectivity index (χ1) is 9.72. The summed E-state index contributed by atoms with van der Waals surface area (Å²) in [5.41, 5.74) is 0. The van der Waals surface area contributed by atoms with E-state index in [1.165, 1.54) is 0 Å². The number of hydrogen-bond acceptors (Lipinski definition) is 7. The molecule has 1 aliphatic heterocycles. The van der Waals surface area contributed by atoms with Gasteiger partial charge in [0.1, 0.15) is 12.7 Å². The van der Waals surface area contributed by atoms with Crippen molar-refractivity contribution in [2.75, 3.05) is 6.61 Å². The number of rotatable bonds is 4. The van der Waals surface area contributed by atoms with E-state index in [2.05, 4.69) is 18.9 Å². The van der Waals surface area contributed by atoms with Gasteiger partial charge in [-0.15, -0.1) is 0 Å². The molecule has 7 nitrogen and oxygen atoms in total. The highest BCUT2D eigenvalue weighted by atomic mass is 19.2. The van der Waals surface area contributed by atoms with Crippen molar-refractivity contribution in [1.29, 1.82) is 0 Å². The molecule has 0 aromatic heterocycles. The third-order valence-corrected chi connectivity index (χ3v) is 2.61. The van der Waals surface area contributed by atoms with Gasteiger partial charge in [0, 0.05) is 20.8 Å². The third kappa shape index (κ3) is 4.92. The second kappa shape index (κ2) is 7.30. The second-order valence-electron chi connectivity index (χ2n) is 4.42. The zero-order valence-electron chi connectivity index (χ0n) is 11.7. The lowest BCUT2D eigenvalue weighted by atomic mass is 10.0. The Balaban J connectivity index is 2.87. The molecule has 5 atom stereocenters. The number of carbonyl (C=O) groups excluding carboxylic acids is 3. The minimum atomic E-state index is -2.22. The Morgan fingerprint density at radius 1 is 0.952 bits per heavy atom. The molecule has 0 saturated carbocycles. The summed E-state index contributed by atoms with van der Waals surface area (Å²) in [6.45, 7) is 2.53. The Hall–Kier alpha value is -1.77. The van der Waals surface area contributed by atoms with E-state index in [1.54, 1.807) is 0 Å². The summed E-state index contributed by atoms with van der Waals surface area (Å²) in [6.07, 6.45) is -9.12. The van der Waals surface area contributed by atoms with Gasteiger partial charge < -0.3 is 18.9 Å². The fourth-order valence-electron chi connectivity index (χ4n) is 1.83. The lowest BCUT2D eigenvalue weighted by Gasteiger charge is -2.39. The summed E-state index contributed by atoms with van der Waals surface area (Å²) >= 11 is 0. The summed E-state index contributed by atoms with van der Waals surface area (Å²) in [5.74, 6) is -2.46. The molecule has 0 aromatic carbocycles. The maximum absolute atomic E-state index is 14.2. The monoisotopic (exact) mass is 310 g/mol. The van der Waals surface area contributed by atoms with Gasteiger partial charge in [0.15, 0.2) is 18.4 Å². The summed E-state index contributed by atoms with van der Waals surface area (Å²) < 4.78 is 46.6. The number of carbonyl (C=O) groups is 3. The van der Waals surface area contributed by atoms with Crippen molar-refractivity contribution in [3.8, 4) is 0 Å². The SMILES string of the molecule is CC(=O)OC[C@H]1O[C@H](F)[C@H](OC(C)=O)[C@@H](OC(C)=O)[C@H]1F. The van der Waals surface area contributed by atoms with E-state index in [0.29, 0.717) is 0 Å². The van der Waals surface area contributed by atoms with Crippen LogP contribution in [0.1, 0.15) is 20.8 Å². The molecule has 0 aromatic rings. The Morgan fingerprint density at radius 3 is 1.95 bits per heavy atom. The van der Waals surface area contributed by atoms with E-state index in [-0.39, 0.29) is 0 Å². The fraction of sp³-hybridized carbons (Fsp3) is 0.750. The lowest BCUT2D eigenvalue weighted by molar-refractivity contribution is -0.262. The van der Waals surface area contributed by atoms with Crippen molar-refractivity contribution in [2.45, 2.75) is 51.6 Å². The van der Waals surface area contributed by atoms with E-state index < -0.39 is 55.4 Å². The van der Waals surface area contributed by atoms with Crippen LogP contribution in [0.15, 0.2) is 0 Å². The van der Waals surface area contributed by atoms with Gasteiger partial charge in [0.2, 0.25) is 6.36 Å². The Kier molecular flexibility index (Phi) is 6.01. The van der Waals surface area contributed by atoms with Crippen LogP contribution in [0.4, 0.5) is 8.78 Å². The van der Waals surface area contributed by atoms with Crippen LogP contribution < -0.4 is 0 Å². The van der Waals surface area contributed by atoms with Crippen molar-refractivity contribution >= 4 is 17.9 Å². The number of esters is 3. The minimum Gasteiger partial charge on any atom is -0.463 e. The molecular formula is C12H16F2O7. The average Bonchev–Trinajstić information content (AvgIpc) is 2.35. The molecule has 0 spiro atoms. The zero-order chi connectivity index (χ0) is 16.2. The van der Waals surface area contributed by atoms with Gasteiger partial charge in [0.05, 0.1) is 0 Å². The Morgan fingerprint density at radius 2 is 1.48 bits per heavy atom. The molecule has 0 aliphatic carbocycles. The summed E-state index contributed by atoms with van der Waals surface area (Å²) in [7, 11) is 0. The fourth-order valence-corrected chi connectivity index (χ4v) is 1.83. The molecule has 1 saturated heterocycles. The van der Waals surface area contributed by atoms with Gasteiger partial charge in [-0.05, 0) is 0 Å². The first-order valence-electron chi connectivity index (χ1n) is 6.13. The highest BCUT2D eigenvalue weighted by Crippen LogP contribution is 2.29. The van der Waals surface area contributed by atoms with Crippen molar-refractivity contribution in [2.24, 2.45) is 0 Å². The maximum atomic E-state index is 14.2. The van der Waals surface area contributed by atoms with E-state index >= 15 is 0 Å². The number of alkyl halides is 2. The van der Waals surface area contributed by atoms with Crippen LogP contribution in [-0.4, -0.2) is 55.4 Å². The first kappa shape index (κ1) is 17.3. The topological polar surface area (TPSA) is 88.1 Å². The van der Waals surface area contributed by atoms with Crippen molar-refractivity contribution < 1.29 is 42.1 Å². The van der Waals surface area contributed by atoms with Crippen LogP contribution in [0.5, 0.6) is 0 Å². The predicted molar refractivity (Wildman–Crippen MR) is 62.4 cm³/mol. The quantitative estimate of drug-likeness (QED) is 0.550. The van der Waals surface area contributed by atoms with Crippen LogP contribution in [-0.2, 0) is 33.3 Å². The average molecular weight is 310 g/mol. The van der Waals surface area contributed by atoms with Crippen molar-refractivity contribution in [1.82, 2.24) is 0 Å². The van der Waals surface area contributed by atoms with Crippen LogP contribution in [0.25, 0.3) is 0 Å². The smallest absolute Gasteiger partial charge is 0.303 e. The van der Waals surface area contributed by atoms with E-state index in [4.69, 9.17) is 0 Å². The minimum absolute atomic E-state index is 0.554. The molecule has 9 heteroatoms. The first-order valence-corrected chi connectivity index (χ1v) is 6.13. The molecule has 0 amide bonds. The highest BCUT2D eigenvalue weighted by molar-refractivity contribution is 5.67. The molecule has 1 aliphatic rings. The number of hydrogen-bond donors (Lipinski definition) is 0. The highest BCUT2D eigenvalue weighted by Gasteiger charge is 2.51. The van der Waals surface area contributed by atoms with E-state index in [0.717, 1.165) is 20.8 Å². The third-order valence-electron chi connectivity index (χ3n) is 2.61. The van der Waals surface area contributed by atoms with Gasteiger partial charge >= 0.3 is 17.9 Å². The van der Waals surface area contributed by atoms with Crippen LogP contribution >= 0.6 is 0 Å².